The van der Waals surface area contributed by atoms with Crippen LogP contribution in [0.1, 0.15) is 31.9 Å². The summed E-state index contributed by atoms with van der Waals surface area (Å²) >= 11 is 0. The summed E-state index contributed by atoms with van der Waals surface area (Å²) in [5.74, 6) is 0. The van der Waals surface area contributed by atoms with Crippen molar-refractivity contribution in [2.75, 3.05) is 19.6 Å². The van der Waals surface area contributed by atoms with Crippen LogP contribution in [0.15, 0.2) is 66.9 Å². The van der Waals surface area contributed by atoms with Crippen molar-refractivity contribution in [1.82, 2.24) is 19.6 Å². The summed E-state index contributed by atoms with van der Waals surface area (Å²) in [6.45, 7) is 8.92. The molecule has 0 unspecified atom stereocenters. The Bertz CT molecular complexity index is 1070. The van der Waals surface area contributed by atoms with Crippen LogP contribution in [-0.4, -0.2) is 57.0 Å². The van der Waals surface area contributed by atoms with Crippen molar-refractivity contribution < 1.29 is 9.53 Å². The second-order valence-corrected chi connectivity index (χ2v) is 9.75. The highest BCUT2D eigenvalue weighted by molar-refractivity contribution is 5.69. The number of benzene rings is 2. The van der Waals surface area contributed by atoms with Gasteiger partial charge in [-0.25, -0.2) is 4.79 Å². The van der Waals surface area contributed by atoms with Gasteiger partial charge in [-0.2, -0.15) is 5.10 Å². The average molecular weight is 447 g/mol. The van der Waals surface area contributed by atoms with Gasteiger partial charge in [0.15, 0.2) is 0 Å². The van der Waals surface area contributed by atoms with E-state index >= 15 is 0 Å². The molecule has 1 aliphatic heterocycles. The van der Waals surface area contributed by atoms with Crippen LogP contribution in [-0.2, 0) is 24.8 Å². The number of hydrogen-bond acceptors (Lipinski definition) is 4. The van der Waals surface area contributed by atoms with Gasteiger partial charge in [0.1, 0.15) is 5.60 Å². The number of amides is 1. The minimum absolute atomic E-state index is 0.0201. The van der Waals surface area contributed by atoms with Crippen LogP contribution in [0.25, 0.3) is 11.3 Å². The molecule has 6 nitrogen and oxygen atoms in total. The van der Waals surface area contributed by atoms with Crippen LogP contribution >= 0.6 is 0 Å². The number of aryl methyl sites for hydroxylation is 1. The van der Waals surface area contributed by atoms with Crippen molar-refractivity contribution in [2.45, 2.75) is 45.4 Å². The molecule has 0 N–H and O–H groups in total. The fourth-order valence-electron chi connectivity index (χ4n) is 4.48. The third-order valence-corrected chi connectivity index (χ3v) is 6.01. The van der Waals surface area contributed by atoms with E-state index in [1.54, 1.807) is 0 Å². The highest BCUT2D eigenvalue weighted by atomic mass is 16.6. The van der Waals surface area contributed by atoms with Gasteiger partial charge in [-0.05, 0) is 44.4 Å². The van der Waals surface area contributed by atoms with E-state index in [0.717, 1.165) is 37.3 Å². The molecule has 0 spiro atoms. The van der Waals surface area contributed by atoms with Gasteiger partial charge in [0.05, 0.1) is 11.7 Å². The Labute approximate surface area is 196 Å². The Hall–Kier alpha value is -3.12. The van der Waals surface area contributed by atoms with Gasteiger partial charge in [0, 0.05) is 45.0 Å². The standard InChI is InChI=1S/C27H34N4O2/c1-27(2,3)33-26(32)31-17-16-30(19-21-10-6-5-7-11-21)20-23(31)18-22-12-8-9-13-24(22)25-14-15-28-29(25)4/h5-15,23H,16-20H2,1-4H3/t23-/m1/s1. The lowest BCUT2D eigenvalue weighted by Gasteiger charge is -2.42. The summed E-state index contributed by atoms with van der Waals surface area (Å²) in [6.07, 6.45) is 2.34. The third-order valence-electron chi connectivity index (χ3n) is 6.01. The van der Waals surface area contributed by atoms with E-state index in [4.69, 9.17) is 4.74 Å². The number of carbonyl (C=O) groups excluding carboxylic acids is 1. The second kappa shape index (κ2) is 9.79. The Morgan fingerprint density at radius 2 is 1.76 bits per heavy atom. The van der Waals surface area contributed by atoms with E-state index in [-0.39, 0.29) is 12.1 Å². The van der Waals surface area contributed by atoms with E-state index < -0.39 is 5.60 Å². The highest BCUT2D eigenvalue weighted by Crippen LogP contribution is 2.27. The molecule has 2 aromatic carbocycles. The van der Waals surface area contributed by atoms with E-state index in [9.17, 15) is 4.79 Å². The fourth-order valence-corrected chi connectivity index (χ4v) is 4.48. The van der Waals surface area contributed by atoms with Crippen molar-refractivity contribution in [3.8, 4) is 11.3 Å². The van der Waals surface area contributed by atoms with Gasteiger partial charge in [-0.3, -0.25) is 9.58 Å². The number of piperazine rings is 1. The molecule has 33 heavy (non-hydrogen) atoms. The Kier molecular flexibility index (Phi) is 6.84. The molecule has 3 aromatic rings. The van der Waals surface area contributed by atoms with Crippen LogP contribution in [0.4, 0.5) is 4.79 Å². The summed E-state index contributed by atoms with van der Waals surface area (Å²) in [7, 11) is 1.96. The van der Waals surface area contributed by atoms with Crippen molar-refractivity contribution >= 4 is 6.09 Å². The molecule has 6 heteroatoms. The molecule has 174 valence electrons. The van der Waals surface area contributed by atoms with Crippen LogP contribution < -0.4 is 0 Å². The fraction of sp³-hybridized carbons (Fsp3) is 0.407. The first kappa shape index (κ1) is 23.1. The largest absolute Gasteiger partial charge is 0.444 e. The van der Waals surface area contributed by atoms with E-state index in [0.29, 0.717) is 6.54 Å². The van der Waals surface area contributed by atoms with Gasteiger partial charge in [-0.15, -0.1) is 0 Å². The predicted octanol–water partition coefficient (Wildman–Crippen LogP) is 4.75. The minimum atomic E-state index is -0.518. The lowest BCUT2D eigenvalue weighted by Crippen LogP contribution is -2.56. The van der Waals surface area contributed by atoms with Crippen LogP contribution in [0.3, 0.4) is 0 Å². The maximum Gasteiger partial charge on any atom is 0.410 e. The zero-order chi connectivity index (χ0) is 23.4. The number of rotatable bonds is 5. The molecule has 4 rings (SSSR count). The summed E-state index contributed by atoms with van der Waals surface area (Å²) < 4.78 is 7.67. The number of carbonyl (C=O) groups is 1. The van der Waals surface area contributed by atoms with Gasteiger partial charge in [0.25, 0.3) is 0 Å². The molecule has 0 radical (unpaired) electrons. The van der Waals surface area contributed by atoms with Crippen molar-refractivity contribution in [3.63, 3.8) is 0 Å². The molecule has 0 bridgehead atoms. The number of hydrogen-bond donors (Lipinski definition) is 0. The van der Waals surface area contributed by atoms with Crippen molar-refractivity contribution in [2.24, 2.45) is 7.05 Å². The number of ether oxygens (including phenoxy) is 1. The molecular formula is C27H34N4O2. The van der Waals surface area contributed by atoms with Crippen molar-refractivity contribution in [1.29, 1.82) is 0 Å². The lowest BCUT2D eigenvalue weighted by molar-refractivity contribution is -0.00231. The second-order valence-electron chi connectivity index (χ2n) is 9.75. The monoisotopic (exact) mass is 446 g/mol. The quantitative estimate of drug-likeness (QED) is 0.568. The molecule has 1 saturated heterocycles. The number of nitrogens with zero attached hydrogens (tertiary/aromatic N) is 4. The molecule has 0 saturated carbocycles. The summed E-state index contributed by atoms with van der Waals surface area (Å²) in [5, 5.41) is 4.35. The molecular weight excluding hydrogens is 412 g/mol. The molecule has 1 amide bonds. The molecule has 1 aliphatic rings. The minimum Gasteiger partial charge on any atom is -0.444 e. The maximum absolute atomic E-state index is 13.1. The average Bonchev–Trinajstić information content (AvgIpc) is 3.19. The molecule has 1 aromatic heterocycles. The van der Waals surface area contributed by atoms with Gasteiger partial charge in [0.2, 0.25) is 0 Å². The van der Waals surface area contributed by atoms with Crippen molar-refractivity contribution in [3.05, 3.63) is 78.0 Å². The Balaban J connectivity index is 1.59. The SMILES string of the molecule is Cn1nccc1-c1ccccc1C[C@@H]1CN(Cc2ccccc2)CCN1C(=O)OC(C)(C)C. The Morgan fingerprint density at radius 3 is 2.45 bits per heavy atom. The first-order valence-corrected chi connectivity index (χ1v) is 11.6. The van der Waals surface area contributed by atoms with Gasteiger partial charge in [-0.1, -0.05) is 54.6 Å². The van der Waals surface area contributed by atoms with E-state index in [1.807, 2.05) is 55.7 Å². The van der Waals surface area contributed by atoms with E-state index in [1.165, 1.54) is 11.1 Å². The highest BCUT2D eigenvalue weighted by Gasteiger charge is 2.34. The summed E-state index contributed by atoms with van der Waals surface area (Å²) in [4.78, 5) is 17.5. The third kappa shape index (κ3) is 5.82. The topological polar surface area (TPSA) is 50.6 Å². The van der Waals surface area contributed by atoms with Crippen LogP contribution in [0.2, 0.25) is 0 Å². The first-order chi connectivity index (χ1) is 15.8. The zero-order valence-corrected chi connectivity index (χ0v) is 20.1. The normalized spacial score (nSPS) is 17.2. The summed E-state index contributed by atoms with van der Waals surface area (Å²) in [6, 6.07) is 21.0. The maximum atomic E-state index is 13.1. The van der Waals surface area contributed by atoms with Crippen LogP contribution in [0.5, 0.6) is 0 Å². The lowest BCUT2D eigenvalue weighted by atomic mass is 9.96. The number of aromatic nitrogens is 2. The zero-order valence-electron chi connectivity index (χ0n) is 20.1. The Morgan fingerprint density at radius 1 is 1.03 bits per heavy atom. The predicted molar refractivity (Wildman–Crippen MR) is 131 cm³/mol. The van der Waals surface area contributed by atoms with Gasteiger partial charge >= 0.3 is 6.09 Å². The molecule has 2 heterocycles. The van der Waals surface area contributed by atoms with E-state index in [2.05, 4.69) is 58.5 Å². The summed E-state index contributed by atoms with van der Waals surface area (Å²) in [5.41, 5.74) is 4.21. The van der Waals surface area contributed by atoms with Gasteiger partial charge < -0.3 is 9.64 Å². The van der Waals surface area contributed by atoms with Crippen LogP contribution in [0, 0.1) is 0 Å². The smallest absolute Gasteiger partial charge is 0.410 e. The molecule has 1 fully saturated rings. The molecule has 1 atom stereocenters. The molecule has 0 aliphatic carbocycles. The first-order valence-electron chi connectivity index (χ1n) is 11.6.